The number of ether oxygens (including phenoxy) is 1. The average molecular weight is 244 g/mol. The summed E-state index contributed by atoms with van der Waals surface area (Å²) in [6, 6.07) is 6.44. The molecule has 0 saturated heterocycles. The van der Waals surface area contributed by atoms with Gasteiger partial charge in [0.05, 0.1) is 14.5 Å². The summed E-state index contributed by atoms with van der Waals surface area (Å²) < 4.78 is 5.92. The molecule has 0 spiro atoms. The van der Waals surface area contributed by atoms with Crippen LogP contribution in [-0.4, -0.2) is 14.5 Å². The van der Waals surface area contributed by atoms with Crippen LogP contribution in [0.25, 0.3) is 0 Å². The Morgan fingerprint density at radius 1 is 1.11 bits per heavy atom. The summed E-state index contributed by atoms with van der Waals surface area (Å²) >= 11 is 0. The van der Waals surface area contributed by atoms with E-state index in [9.17, 15) is 0 Å². The molecular formula is C16H25BO. The summed E-state index contributed by atoms with van der Waals surface area (Å²) in [5.74, 6) is 1.03. The lowest BCUT2D eigenvalue weighted by Crippen LogP contribution is -2.14. The Labute approximate surface area is 113 Å². The number of hydrogen-bond donors (Lipinski definition) is 0. The van der Waals surface area contributed by atoms with Crippen molar-refractivity contribution in [2.45, 2.75) is 58.7 Å². The first-order valence-electron chi connectivity index (χ1n) is 6.89. The minimum Gasteiger partial charge on any atom is -0.493 e. The smallest absolute Gasteiger partial charge is 0.123 e. The zero-order chi connectivity index (χ0) is 13.6. The highest BCUT2D eigenvalue weighted by atomic mass is 16.5. The molecule has 0 atom stereocenters. The van der Waals surface area contributed by atoms with Crippen molar-refractivity contribution in [2.75, 3.05) is 6.61 Å². The summed E-state index contributed by atoms with van der Waals surface area (Å²) in [4.78, 5) is 0. The van der Waals surface area contributed by atoms with Crippen LogP contribution in [0, 0.1) is 6.92 Å². The lowest BCUT2D eigenvalue weighted by molar-refractivity contribution is 0.298. The molecule has 0 aromatic heterocycles. The summed E-state index contributed by atoms with van der Waals surface area (Å²) in [7, 11) is 5.48. The second kappa shape index (κ2) is 6.87. The fraction of sp³-hybridized carbons (Fsp3) is 0.625. The second-order valence-electron chi connectivity index (χ2n) is 5.95. The molecule has 0 fully saturated rings. The van der Waals surface area contributed by atoms with Gasteiger partial charge in [-0.1, -0.05) is 57.6 Å². The van der Waals surface area contributed by atoms with Gasteiger partial charge in [-0.15, -0.1) is 0 Å². The van der Waals surface area contributed by atoms with Crippen molar-refractivity contribution in [1.29, 1.82) is 0 Å². The minimum absolute atomic E-state index is 0.124. The number of hydrogen-bond acceptors (Lipinski definition) is 1. The van der Waals surface area contributed by atoms with Crippen LogP contribution in [0.1, 0.15) is 51.2 Å². The van der Waals surface area contributed by atoms with Gasteiger partial charge in [0.25, 0.3) is 0 Å². The molecule has 0 unspecified atom stereocenters. The molecule has 18 heavy (non-hydrogen) atoms. The van der Waals surface area contributed by atoms with E-state index in [2.05, 4.69) is 45.9 Å². The van der Waals surface area contributed by atoms with Crippen molar-refractivity contribution in [2.24, 2.45) is 0 Å². The molecule has 98 valence electrons. The molecule has 0 aliphatic heterocycles. The van der Waals surface area contributed by atoms with Crippen LogP contribution in [0.2, 0.25) is 6.32 Å². The largest absolute Gasteiger partial charge is 0.493 e. The van der Waals surface area contributed by atoms with E-state index in [1.807, 2.05) is 0 Å². The molecule has 0 saturated carbocycles. The molecule has 0 N–H and O–H groups in total. The zero-order valence-electron chi connectivity index (χ0n) is 12.3. The molecule has 2 radical (unpaired) electrons. The predicted molar refractivity (Wildman–Crippen MR) is 79.8 cm³/mol. The van der Waals surface area contributed by atoms with E-state index in [0.29, 0.717) is 0 Å². The van der Waals surface area contributed by atoms with Crippen LogP contribution in [-0.2, 0) is 5.41 Å². The lowest BCUT2D eigenvalue weighted by Gasteiger charge is -2.23. The highest BCUT2D eigenvalue weighted by Gasteiger charge is 2.18. The van der Waals surface area contributed by atoms with Gasteiger partial charge < -0.3 is 4.74 Å². The normalized spacial score (nSPS) is 11.6. The van der Waals surface area contributed by atoms with Crippen molar-refractivity contribution >= 4 is 7.85 Å². The van der Waals surface area contributed by atoms with Crippen molar-refractivity contribution in [3.63, 3.8) is 0 Å². The molecule has 2 heteroatoms. The van der Waals surface area contributed by atoms with Crippen LogP contribution in [0.3, 0.4) is 0 Å². The van der Waals surface area contributed by atoms with E-state index in [1.54, 1.807) is 0 Å². The van der Waals surface area contributed by atoms with E-state index in [1.165, 1.54) is 11.1 Å². The predicted octanol–water partition coefficient (Wildman–Crippen LogP) is 4.43. The Kier molecular flexibility index (Phi) is 5.78. The van der Waals surface area contributed by atoms with Crippen LogP contribution in [0.15, 0.2) is 18.2 Å². The number of benzene rings is 1. The van der Waals surface area contributed by atoms with Crippen molar-refractivity contribution in [3.05, 3.63) is 29.3 Å². The van der Waals surface area contributed by atoms with Crippen LogP contribution in [0.5, 0.6) is 5.75 Å². The summed E-state index contributed by atoms with van der Waals surface area (Å²) in [5.41, 5.74) is 2.70. The Balaban J connectivity index is 2.65. The molecule has 1 aromatic rings. The molecule has 1 rings (SSSR count). The Morgan fingerprint density at radius 3 is 2.44 bits per heavy atom. The van der Waals surface area contributed by atoms with Gasteiger partial charge in [-0.25, -0.2) is 0 Å². The van der Waals surface area contributed by atoms with Crippen molar-refractivity contribution in [1.82, 2.24) is 0 Å². The van der Waals surface area contributed by atoms with Crippen LogP contribution in [0.4, 0.5) is 0 Å². The molecule has 1 aromatic carbocycles. The van der Waals surface area contributed by atoms with Gasteiger partial charge in [-0.05, 0) is 30.4 Å². The number of unbranched alkanes of at least 4 members (excludes halogenated alkanes) is 2. The quantitative estimate of drug-likeness (QED) is 0.531. The lowest BCUT2D eigenvalue weighted by atomic mass is 9.85. The third kappa shape index (κ3) is 4.76. The van der Waals surface area contributed by atoms with Crippen molar-refractivity contribution in [3.8, 4) is 5.75 Å². The van der Waals surface area contributed by atoms with Gasteiger partial charge in [0.1, 0.15) is 5.75 Å². The van der Waals surface area contributed by atoms with Gasteiger partial charge in [-0.3, -0.25) is 0 Å². The molecule has 0 amide bonds. The third-order valence-electron chi connectivity index (χ3n) is 3.05. The van der Waals surface area contributed by atoms with Crippen molar-refractivity contribution < 1.29 is 4.74 Å². The third-order valence-corrected chi connectivity index (χ3v) is 3.05. The van der Waals surface area contributed by atoms with Gasteiger partial charge in [0.2, 0.25) is 0 Å². The molecule has 0 bridgehead atoms. The van der Waals surface area contributed by atoms with Crippen LogP contribution < -0.4 is 4.74 Å². The van der Waals surface area contributed by atoms with Gasteiger partial charge in [0, 0.05) is 0 Å². The van der Waals surface area contributed by atoms with Gasteiger partial charge in [0.15, 0.2) is 0 Å². The first-order chi connectivity index (χ1) is 8.45. The highest BCUT2D eigenvalue weighted by molar-refractivity contribution is 6.08. The Morgan fingerprint density at radius 2 is 1.83 bits per heavy atom. The Hall–Kier alpha value is -0.915. The highest BCUT2D eigenvalue weighted by Crippen LogP contribution is 2.32. The average Bonchev–Trinajstić information content (AvgIpc) is 2.29. The first-order valence-corrected chi connectivity index (χ1v) is 6.89. The topological polar surface area (TPSA) is 9.23 Å². The summed E-state index contributed by atoms with van der Waals surface area (Å²) in [5, 5.41) is 0. The zero-order valence-corrected chi connectivity index (χ0v) is 12.3. The molecule has 0 aliphatic rings. The van der Waals surface area contributed by atoms with E-state index >= 15 is 0 Å². The maximum atomic E-state index is 5.92. The second-order valence-corrected chi connectivity index (χ2v) is 5.95. The Bertz CT molecular complexity index is 366. The molecule has 1 nitrogen and oxygen atoms in total. The molecule has 0 aliphatic carbocycles. The van der Waals surface area contributed by atoms with E-state index in [-0.39, 0.29) is 5.41 Å². The van der Waals surface area contributed by atoms with E-state index in [4.69, 9.17) is 12.6 Å². The first kappa shape index (κ1) is 15.1. The fourth-order valence-corrected chi connectivity index (χ4v) is 1.96. The fourth-order valence-electron chi connectivity index (χ4n) is 1.96. The van der Waals surface area contributed by atoms with Gasteiger partial charge >= 0.3 is 0 Å². The van der Waals surface area contributed by atoms with E-state index in [0.717, 1.165) is 37.9 Å². The summed E-state index contributed by atoms with van der Waals surface area (Å²) in [6.07, 6.45) is 4.09. The SMILES string of the molecule is [B]CCCCCOc1ccc(C)cc1C(C)(C)C. The standard InChI is InChI=1S/C16H25BO/c1-13-8-9-15(14(12-13)16(2,3)4)18-11-7-5-6-10-17/h8-9,12H,5-7,10-11H2,1-4H3. The molecule has 0 heterocycles. The van der Waals surface area contributed by atoms with Gasteiger partial charge in [-0.2, -0.15) is 0 Å². The minimum atomic E-state index is 0.124. The maximum absolute atomic E-state index is 5.92. The van der Waals surface area contributed by atoms with Crippen LogP contribution >= 0.6 is 0 Å². The molecular weight excluding hydrogens is 219 g/mol. The summed E-state index contributed by atoms with van der Waals surface area (Å²) in [6.45, 7) is 9.58. The monoisotopic (exact) mass is 244 g/mol. The number of aryl methyl sites for hydroxylation is 1. The number of rotatable bonds is 6. The maximum Gasteiger partial charge on any atom is 0.123 e. The van der Waals surface area contributed by atoms with E-state index < -0.39 is 0 Å².